The first-order valence-electron chi connectivity index (χ1n) is 8.42. The van der Waals surface area contributed by atoms with Crippen molar-refractivity contribution in [1.29, 1.82) is 0 Å². The van der Waals surface area contributed by atoms with Gasteiger partial charge in [0.25, 0.3) is 0 Å². The van der Waals surface area contributed by atoms with E-state index in [4.69, 9.17) is 10.5 Å². The highest BCUT2D eigenvalue weighted by atomic mass is 16.5. The molecule has 0 radical (unpaired) electrons. The van der Waals surface area contributed by atoms with E-state index in [0.29, 0.717) is 12.5 Å². The summed E-state index contributed by atoms with van der Waals surface area (Å²) in [6, 6.07) is 21.9. The Morgan fingerprint density at radius 3 is 2.50 bits per heavy atom. The third-order valence-corrected chi connectivity index (χ3v) is 3.97. The van der Waals surface area contributed by atoms with Crippen LogP contribution in [0.5, 0.6) is 5.75 Å². The van der Waals surface area contributed by atoms with Crippen molar-refractivity contribution in [1.82, 2.24) is 4.98 Å². The highest BCUT2D eigenvalue weighted by molar-refractivity contribution is 5.92. The van der Waals surface area contributed by atoms with Gasteiger partial charge in [0.05, 0.1) is 13.7 Å². The van der Waals surface area contributed by atoms with Crippen LogP contribution in [0, 0.1) is 0 Å². The number of benzene rings is 2. The lowest BCUT2D eigenvalue weighted by atomic mass is 10.1. The molecule has 132 valence electrons. The molecule has 0 spiro atoms. The van der Waals surface area contributed by atoms with Crippen molar-refractivity contribution in [2.24, 2.45) is 10.7 Å². The lowest BCUT2D eigenvalue weighted by Crippen LogP contribution is -2.24. The minimum absolute atomic E-state index is 0.350. The molecular weight excluding hydrogens is 324 g/mol. The molecule has 0 saturated heterocycles. The first-order chi connectivity index (χ1) is 12.7. The predicted molar refractivity (Wildman–Crippen MR) is 105 cm³/mol. The molecule has 0 aliphatic carbocycles. The Labute approximate surface area is 153 Å². The number of aromatic nitrogens is 1. The van der Waals surface area contributed by atoms with Gasteiger partial charge < -0.3 is 15.8 Å². The Kier molecular flexibility index (Phi) is 5.83. The molecule has 0 aliphatic rings. The Morgan fingerprint density at radius 2 is 1.77 bits per heavy atom. The fraction of sp³-hybridized carbons (Fsp3) is 0.143. The van der Waals surface area contributed by atoms with Crippen LogP contribution in [0.3, 0.4) is 0 Å². The fourth-order valence-electron chi connectivity index (χ4n) is 2.58. The minimum atomic E-state index is 0.350. The van der Waals surface area contributed by atoms with Gasteiger partial charge in [-0.3, -0.25) is 0 Å². The van der Waals surface area contributed by atoms with Crippen LogP contribution in [0.15, 0.2) is 77.9 Å². The van der Waals surface area contributed by atoms with E-state index in [0.717, 1.165) is 29.1 Å². The SMILES string of the molecule is COc1ccc(Cc2cccnc2NC(N)=NCc2ccccc2)cc1. The maximum absolute atomic E-state index is 6.04. The number of aliphatic imine (C=N–C) groups is 1. The number of anilines is 1. The number of nitrogens with two attached hydrogens (primary N) is 1. The van der Waals surface area contributed by atoms with E-state index in [1.54, 1.807) is 13.3 Å². The average Bonchev–Trinajstić information content (AvgIpc) is 2.69. The predicted octanol–water partition coefficient (Wildman–Crippen LogP) is 3.61. The third kappa shape index (κ3) is 4.83. The molecule has 3 aromatic rings. The number of pyridine rings is 1. The number of hydrogen-bond acceptors (Lipinski definition) is 3. The Hall–Kier alpha value is -3.34. The Balaban J connectivity index is 1.69. The van der Waals surface area contributed by atoms with Crippen LogP contribution in [0.4, 0.5) is 5.82 Å². The van der Waals surface area contributed by atoms with Crippen molar-refractivity contribution in [2.75, 3.05) is 12.4 Å². The molecule has 0 aliphatic heterocycles. The molecule has 0 fully saturated rings. The molecule has 3 rings (SSSR count). The number of methoxy groups -OCH3 is 1. The normalized spacial score (nSPS) is 11.2. The van der Waals surface area contributed by atoms with Gasteiger partial charge in [-0.25, -0.2) is 9.98 Å². The Morgan fingerprint density at radius 1 is 1.00 bits per heavy atom. The molecular formula is C21H22N4O. The van der Waals surface area contributed by atoms with Crippen LogP contribution < -0.4 is 15.8 Å². The first kappa shape index (κ1) is 17.5. The monoisotopic (exact) mass is 346 g/mol. The second-order valence-electron chi connectivity index (χ2n) is 5.85. The van der Waals surface area contributed by atoms with Crippen molar-refractivity contribution in [2.45, 2.75) is 13.0 Å². The summed E-state index contributed by atoms with van der Waals surface area (Å²) in [5.41, 5.74) is 9.36. The maximum atomic E-state index is 6.04. The van der Waals surface area contributed by atoms with E-state index < -0.39 is 0 Å². The highest BCUT2D eigenvalue weighted by Crippen LogP contribution is 2.19. The topological polar surface area (TPSA) is 72.5 Å². The van der Waals surface area contributed by atoms with Crippen molar-refractivity contribution in [3.8, 4) is 5.75 Å². The summed E-state index contributed by atoms with van der Waals surface area (Å²) in [5, 5.41) is 3.12. The molecule has 1 heterocycles. The molecule has 0 atom stereocenters. The summed E-state index contributed by atoms with van der Waals surface area (Å²) in [7, 11) is 1.66. The molecule has 5 nitrogen and oxygen atoms in total. The van der Waals surface area contributed by atoms with Crippen molar-refractivity contribution >= 4 is 11.8 Å². The van der Waals surface area contributed by atoms with E-state index in [2.05, 4.69) is 15.3 Å². The molecule has 0 bridgehead atoms. The van der Waals surface area contributed by atoms with E-state index in [1.165, 1.54) is 5.56 Å². The largest absolute Gasteiger partial charge is 0.497 e. The maximum Gasteiger partial charge on any atom is 0.194 e. The van der Waals surface area contributed by atoms with Gasteiger partial charge in [0.15, 0.2) is 5.96 Å². The van der Waals surface area contributed by atoms with E-state index in [-0.39, 0.29) is 0 Å². The van der Waals surface area contributed by atoms with E-state index in [9.17, 15) is 0 Å². The Bertz CT molecular complexity index is 861. The van der Waals surface area contributed by atoms with Gasteiger partial charge in [0, 0.05) is 12.6 Å². The molecule has 0 saturated carbocycles. The molecule has 2 aromatic carbocycles. The van der Waals surface area contributed by atoms with E-state index >= 15 is 0 Å². The molecule has 26 heavy (non-hydrogen) atoms. The number of hydrogen-bond donors (Lipinski definition) is 2. The van der Waals surface area contributed by atoms with Gasteiger partial charge >= 0.3 is 0 Å². The molecule has 0 unspecified atom stereocenters. The average molecular weight is 346 g/mol. The van der Waals surface area contributed by atoms with Crippen LogP contribution >= 0.6 is 0 Å². The van der Waals surface area contributed by atoms with Gasteiger partial charge in [-0.15, -0.1) is 0 Å². The summed E-state index contributed by atoms with van der Waals surface area (Å²) in [4.78, 5) is 8.79. The zero-order chi connectivity index (χ0) is 18.2. The third-order valence-electron chi connectivity index (χ3n) is 3.97. The molecule has 1 aromatic heterocycles. The number of rotatable bonds is 6. The van der Waals surface area contributed by atoms with Gasteiger partial charge in [-0.1, -0.05) is 48.5 Å². The summed E-state index contributed by atoms with van der Waals surface area (Å²) in [6.45, 7) is 0.528. The molecule has 5 heteroatoms. The van der Waals surface area contributed by atoms with Gasteiger partial charge in [-0.05, 0) is 34.9 Å². The van der Waals surface area contributed by atoms with Crippen molar-refractivity contribution < 1.29 is 4.74 Å². The first-order valence-corrected chi connectivity index (χ1v) is 8.42. The standard InChI is InChI=1S/C21H22N4O/c1-26-19-11-9-16(10-12-19)14-18-8-5-13-23-20(18)25-21(22)24-15-17-6-3-2-4-7-17/h2-13H,14-15H2,1H3,(H3,22,23,24,25). The van der Waals surface area contributed by atoms with Crippen LogP contribution in [0.25, 0.3) is 0 Å². The number of nitrogens with zero attached hydrogens (tertiary/aromatic N) is 2. The summed E-state index contributed by atoms with van der Waals surface area (Å²) < 4.78 is 5.20. The fourth-order valence-corrected chi connectivity index (χ4v) is 2.58. The molecule has 3 N–H and O–H groups in total. The van der Waals surface area contributed by atoms with Crippen LogP contribution in [0.1, 0.15) is 16.7 Å². The van der Waals surface area contributed by atoms with Crippen LogP contribution in [-0.2, 0) is 13.0 Å². The molecule has 0 amide bonds. The van der Waals surface area contributed by atoms with Gasteiger partial charge in [-0.2, -0.15) is 0 Å². The van der Waals surface area contributed by atoms with Crippen LogP contribution in [0.2, 0.25) is 0 Å². The smallest absolute Gasteiger partial charge is 0.194 e. The summed E-state index contributed by atoms with van der Waals surface area (Å²) in [6.07, 6.45) is 2.48. The minimum Gasteiger partial charge on any atom is -0.497 e. The second-order valence-corrected chi connectivity index (χ2v) is 5.85. The lowest BCUT2D eigenvalue weighted by Gasteiger charge is -2.11. The zero-order valence-corrected chi connectivity index (χ0v) is 14.7. The van der Waals surface area contributed by atoms with E-state index in [1.807, 2.05) is 66.7 Å². The highest BCUT2D eigenvalue weighted by Gasteiger charge is 2.06. The quantitative estimate of drug-likeness (QED) is 0.528. The number of ether oxygens (including phenoxy) is 1. The summed E-state index contributed by atoms with van der Waals surface area (Å²) >= 11 is 0. The van der Waals surface area contributed by atoms with Crippen LogP contribution in [-0.4, -0.2) is 18.1 Å². The van der Waals surface area contributed by atoms with Crippen molar-refractivity contribution in [3.05, 3.63) is 89.6 Å². The lowest BCUT2D eigenvalue weighted by molar-refractivity contribution is 0.414. The summed E-state index contributed by atoms with van der Waals surface area (Å²) in [5.74, 6) is 1.91. The number of nitrogens with one attached hydrogen (secondary N) is 1. The van der Waals surface area contributed by atoms with Crippen molar-refractivity contribution in [3.63, 3.8) is 0 Å². The number of guanidine groups is 1. The van der Waals surface area contributed by atoms with Gasteiger partial charge in [0.1, 0.15) is 11.6 Å². The zero-order valence-electron chi connectivity index (χ0n) is 14.7. The second kappa shape index (κ2) is 8.67. The van der Waals surface area contributed by atoms with Gasteiger partial charge in [0.2, 0.25) is 0 Å².